The molecule has 0 radical (unpaired) electrons. The zero-order valence-electron chi connectivity index (χ0n) is 19.2. The molecular weight excluding hydrogens is 406 g/mol. The number of nitrogens with zero attached hydrogens (tertiary/aromatic N) is 4. The molecule has 1 aliphatic rings. The summed E-state index contributed by atoms with van der Waals surface area (Å²) in [5.41, 5.74) is 2.42. The van der Waals surface area contributed by atoms with Gasteiger partial charge in [-0.25, -0.2) is 4.98 Å². The number of carbonyl (C=O) groups is 1. The molecule has 1 fully saturated rings. The quantitative estimate of drug-likeness (QED) is 0.601. The first-order chi connectivity index (χ1) is 15.4. The Morgan fingerprint density at radius 3 is 2.78 bits per heavy atom. The number of aryl methyl sites for hydroxylation is 2. The van der Waals surface area contributed by atoms with Crippen LogP contribution in [0.4, 0.5) is 5.82 Å². The summed E-state index contributed by atoms with van der Waals surface area (Å²) in [6.45, 7) is 9.86. The molecule has 8 heteroatoms. The lowest BCUT2D eigenvalue weighted by atomic mass is 9.96. The maximum atomic E-state index is 12.9. The number of aromatic nitrogens is 3. The average Bonchev–Trinajstić information content (AvgIpc) is 3.20. The summed E-state index contributed by atoms with van der Waals surface area (Å²) in [4.78, 5) is 24.2. The van der Waals surface area contributed by atoms with Crippen LogP contribution in [-0.4, -0.2) is 40.2 Å². The maximum Gasteiger partial charge on any atom is 0.263 e. The fraction of sp³-hybridized carbons (Fsp3) is 0.500. The molecule has 0 aliphatic carbocycles. The van der Waals surface area contributed by atoms with Crippen molar-refractivity contribution in [1.29, 1.82) is 0 Å². The van der Waals surface area contributed by atoms with Crippen molar-refractivity contribution in [2.75, 3.05) is 18.0 Å². The Kier molecular flexibility index (Phi) is 6.58. The minimum Gasteiger partial charge on any atom is -0.491 e. The van der Waals surface area contributed by atoms with Crippen molar-refractivity contribution >= 4 is 22.8 Å². The summed E-state index contributed by atoms with van der Waals surface area (Å²) in [6, 6.07) is 7.86. The van der Waals surface area contributed by atoms with Gasteiger partial charge in [-0.15, -0.1) is 0 Å². The van der Waals surface area contributed by atoms with E-state index < -0.39 is 0 Å². The van der Waals surface area contributed by atoms with E-state index in [0.29, 0.717) is 24.6 Å². The molecule has 1 amide bonds. The third-order valence-corrected chi connectivity index (χ3v) is 5.69. The van der Waals surface area contributed by atoms with E-state index >= 15 is 0 Å². The molecule has 32 heavy (non-hydrogen) atoms. The van der Waals surface area contributed by atoms with Crippen LogP contribution in [0, 0.1) is 12.8 Å². The Balaban J connectivity index is 1.42. The molecular formula is C24H31N5O3. The fourth-order valence-corrected chi connectivity index (χ4v) is 4.14. The van der Waals surface area contributed by atoms with Crippen LogP contribution in [0.15, 0.2) is 28.8 Å². The molecule has 0 spiro atoms. The van der Waals surface area contributed by atoms with Crippen LogP contribution >= 0.6 is 0 Å². The molecule has 2 aromatic heterocycles. The van der Waals surface area contributed by atoms with Gasteiger partial charge in [-0.05, 0) is 57.7 Å². The number of anilines is 1. The van der Waals surface area contributed by atoms with Crippen LogP contribution in [0.25, 0.3) is 11.1 Å². The normalized spacial score (nSPS) is 16.5. The highest BCUT2D eigenvalue weighted by Gasteiger charge is 2.29. The number of rotatable bonds is 7. The molecule has 3 aromatic rings. The van der Waals surface area contributed by atoms with Crippen LogP contribution in [0.3, 0.4) is 0 Å². The van der Waals surface area contributed by atoms with Gasteiger partial charge in [-0.2, -0.15) is 4.98 Å². The molecule has 1 saturated heterocycles. The number of hydrogen-bond donors (Lipinski definition) is 1. The largest absolute Gasteiger partial charge is 0.491 e. The second-order valence-electron chi connectivity index (χ2n) is 8.57. The van der Waals surface area contributed by atoms with E-state index in [2.05, 4.69) is 20.4 Å². The number of carbonyl (C=O) groups excluding carboxylic acids is 1. The van der Waals surface area contributed by atoms with Crippen molar-refractivity contribution in [1.82, 2.24) is 20.4 Å². The van der Waals surface area contributed by atoms with E-state index in [-0.39, 0.29) is 17.9 Å². The van der Waals surface area contributed by atoms with Gasteiger partial charge in [0.2, 0.25) is 5.91 Å². The number of amides is 1. The fourth-order valence-electron chi connectivity index (χ4n) is 4.14. The first kappa shape index (κ1) is 22.0. The van der Waals surface area contributed by atoms with Gasteiger partial charge in [0.05, 0.1) is 17.7 Å². The van der Waals surface area contributed by atoms with Gasteiger partial charge in [-0.3, -0.25) is 4.79 Å². The highest BCUT2D eigenvalue weighted by molar-refractivity contribution is 5.89. The minimum absolute atomic E-state index is 0.0697. The monoisotopic (exact) mass is 437 g/mol. The Morgan fingerprint density at radius 2 is 2.06 bits per heavy atom. The molecule has 1 atom stereocenters. The highest BCUT2D eigenvalue weighted by atomic mass is 16.5. The van der Waals surface area contributed by atoms with Crippen molar-refractivity contribution in [2.24, 2.45) is 5.92 Å². The Morgan fingerprint density at radius 1 is 1.28 bits per heavy atom. The van der Waals surface area contributed by atoms with Crippen LogP contribution in [0.1, 0.15) is 50.7 Å². The second kappa shape index (κ2) is 9.54. The van der Waals surface area contributed by atoms with Crippen LogP contribution < -0.4 is 15.0 Å². The van der Waals surface area contributed by atoms with E-state index in [9.17, 15) is 4.79 Å². The van der Waals surface area contributed by atoms with Crippen LogP contribution in [-0.2, 0) is 17.8 Å². The van der Waals surface area contributed by atoms with Crippen molar-refractivity contribution in [3.8, 4) is 5.75 Å². The molecule has 3 heterocycles. The molecule has 0 saturated carbocycles. The Bertz CT molecular complexity index is 1080. The summed E-state index contributed by atoms with van der Waals surface area (Å²) in [5, 5.41) is 8.12. The maximum absolute atomic E-state index is 12.9. The zero-order chi connectivity index (χ0) is 22.7. The van der Waals surface area contributed by atoms with Crippen molar-refractivity contribution in [2.45, 2.75) is 59.6 Å². The standard InChI is InChI=1S/C24H31N5O3/c1-5-20-21-22(26-16(4)27-24(21)32-28-20)29-12-6-7-18(14-29)23(30)25-13-17-8-10-19(11-9-17)31-15(2)3/h8-11,15,18H,5-7,12-14H2,1-4H3,(H,25,30)/t18-/m1/s1. The predicted octanol–water partition coefficient (Wildman–Crippen LogP) is 3.81. The molecule has 0 unspecified atom stereocenters. The zero-order valence-corrected chi connectivity index (χ0v) is 19.2. The number of fused-ring (bicyclic) bond motifs is 1. The van der Waals surface area contributed by atoms with E-state index in [0.717, 1.165) is 54.0 Å². The lowest BCUT2D eigenvalue weighted by molar-refractivity contribution is -0.125. The van der Waals surface area contributed by atoms with Crippen LogP contribution in [0.2, 0.25) is 0 Å². The van der Waals surface area contributed by atoms with Gasteiger partial charge in [-0.1, -0.05) is 24.2 Å². The SMILES string of the molecule is CCc1noc2nc(C)nc(N3CCC[C@@H](C(=O)NCc4ccc(OC(C)C)cc4)C3)c12. The molecule has 1 N–H and O–H groups in total. The van der Waals surface area contributed by atoms with E-state index in [1.54, 1.807) is 0 Å². The second-order valence-corrected chi connectivity index (χ2v) is 8.57. The highest BCUT2D eigenvalue weighted by Crippen LogP contribution is 2.31. The van der Waals surface area contributed by atoms with Gasteiger partial charge in [0.1, 0.15) is 22.8 Å². The third-order valence-electron chi connectivity index (χ3n) is 5.69. The topological polar surface area (TPSA) is 93.4 Å². The van der Waals surface area contributed by atoms with Gasteiger partial charge in [0.25, 0.3) is 5.71 Å². The molecule has 4 rings (SSSR count). The van der Waals surface area contributed by atoms with Crippen molar-refractivity contribution in [3.63, 3.8) is 0 Å². The summed E-state index contributed by atoms with van der Waals surface area (Å²) in [6.07, 6.45) is 2.67. The van der Waals surface area contributed by atoms with Gasteiger partial charge < -0.3 is 19.5 Å². The van der Waals surface area contributed by atoms with Gasteiger partial charge in [0.15, 0.2) is 0 Å². The van der Waals surface area contributed by atoms with Gasteiger partial charge in [0, 0.05) is 19.6 Å². The van der Waals surface area contributed by atoms with Crippen molar-refractivity contribution in [3.05, 3.63) is 41.3 Å². The third kappa shape index (κ3) is 4.84. The summed E-state index contributed by atoms with van der Waals surface area (Å²) in [5.74, 6) is 2.28. The first-order valence-corrected chi connectivity index (χ1v) is 11.4. The molecule has 1 aromatic carbocycles. The summed E-state index contributed by atoms with van der Waals surface area (Å²) in [7, 11) is 0. The number of nitrogens with one attached hydrogen (secondary N) is 1. The minimum atomic E-state index is -0.0949. The smallest absolute Gasteiger partial charge is 0.263 e. The van der Waals surface area contributed by atoms with Gasteiger partial charge >= 0.3 is 0 Å². The Labute approximate surface area is 188 Å². The van der Waals surface area contributed by atoms with Crippen molar-refractivity contribution < 1.29 is 14.1 Å². The molecule has 1 aliphatic heterocycles. The Hall–Kier alpha value is -3.16. The summed E-state index contributed by atoms with van der Waals surface area (Å²) >= 11 is 0. The van der Waals surface area contributed by atoms with E-state index in [1.165, 1.54) is 0 Å². The average molecular weight is 438 g/mol. The lowest BCUT2D eigenvalue weighted by Crippen LogP contribution is -2.43. The first-order valence-electron chi connectivity index (χ1n) is 11.4. The molecule has 170 valence electrons. The molecule has 0 bridgehead atoms. The predicted molar refractivity (Wildman–Crippen MR) is 123 cm³/mol. The number of piperidine rings is 1. The lowest BCUT2D eigenvalue weighted by Gasteiger charge is -2.33. The van der Waals surface area contributed by atoms with Crippen LogP contribution in [0.5, 0.6) is 5.75 Å². The van der Waals surface area contributed by atoms with E-state index in [1.807, 2.05) is 52.0 Å². The molecule has 8 nitrogen and oxygen atoms in total. The van der Waals surface area contributed by atoms with E-state index in [4.69, 9.17) is 14.2 Å². The summed E-state index contributed by atoms with van der Waals surface area (Å²) < 4.78 is 11.1. The number of benzene rings is 1. The number of ether oxygens (including phenoxy) is 1. The number of hydrogen-bond acceptors (Lipinski definition) is 7.